The first-order valence-electron chi connectivity index (χ1n) is 7.20. The number of rotatable bonds is 4. The molecule has 2 rings (SSSR count). The van der Waals surface area contributed by atoms with Crippen molar-refractivity contribution < 1.29 is 13.3 Å². The summed E-state index contributed by atoms with van der Waals surface area (Å²) in [6.07, 6.45) is 1.64. The van der Waals surface area contributed by atoms with E-state index in [0.717, 1.165) is 18.4 Å². The molecule has 1 aliphatic heterocycles. The molecule has 1 fully saturated rings. The highest BCUT2D eigenvalue weighted by atomic mass is 32.2. The molecule has 1 atom stereocenters. The fraction of sp³-hybridized carbons (Fsp3) is 0.571. The lowest BCUT2D eigenvalue weighted by molar-refractivity contribution is -0.387. The van der Waals surface area contributed by atoms with Gasteiger partial charge in [0.1, 0.15) is 0 Å². The summed E-state index contributed by atoms with van der Waals surface area (Å²) in [5, 5.41) is 14.3. The molecule has 8 heteroatoms. The largest absolute Gasteiger partial charge is 0.316 e. The van der Waals surface area contributed by atoms with Crippen LogP contribution in [0.15, 0.2) is 17.0 Å². The minimum absolute atomic E-state index is 0.0779. The third kappa shape index (κ3) is 3.13. The molecule has 0 amide bonds. The van der Waals surface area contributed by atoms with Crippen molar-refractivity contribution in [3.63, 3.8) is 0 Å². The maximum Gasteiger partial charge on any atom is 0.289 e. The van der Waals surface area contributed by atoms with Crippen LogP contribution < -0.4 is 5.32 Å². The lowest BCUT2D eigenvalue weighted by atomic mass is 10.1. The van der Waals surface area contributed by atoms with Gasteiger partial charge >= 0.3 is 0 Å². The lowest BCUT2D eigenvalue weighted by Crippen LogP contribution is -2.46. The van der Waals surface area contributed by atoms with Crippen LogP contribution in [-0.4, -0.2) is 43.8 Å². The van der Waals surface area contributed by atoms with E-state index in [1.54, 1.807) is 20.9 Å². The van der Waals surface area contributed by atoms with E-state index < -0.39 is 14.9 Å². The van der Waals surface area contributed by atoms with Crippen molar-refractivity contribution in [2.24, 2.45) is 0 Å². The number of nitro groups is 1. The van der Waals surface area contributed by atoms with Crippen molar-refractivity contribution in [3.8, 4) is 0 Å². The second kappa shape index (κ2) is 6.31. The standard InChI is InChI=1S/C14H21N3O4S/c1-10-7-13(17(18)19)14(8-11(10)2)22(20,21)16-6-4-5-12(9-16)15-3/h7-8,12,15H,4-6,9H2,1-3H3. The Hall–Kier alpha value is -1.51. The molecule has 0 bridgehead atoms. The highest BCUT2D eigenvalue weighted by Crippen LogP contribution is 2.31. The maximum absolute atomic E-state index is 12.8. The second-order valence-corrected chi connectivity index (χ2v) is 7.56. The molecule has 7 nitrogen and oxygen atoms in total. The quantitative estimate of drug-likeness (QED) is 0.669. The van der Waals surface area contributed by atoms with Gasteiger partial charge in [0.15, 0.2) is 4.90 Å². The van der Waals surface area contributed by atoms with Crippen LogP contribution in [0, 0.1) is 24.0 Å². The number of aryl methyl sites for hydroxylation is 2. The van der Waals surface area contributed by atoms with Gasteiger partial charge in [-0.2, -0.15) is 4.31 Å². The average Bonchev–Trinajstić information content (AvgIpc) is 2.49. The van der Waals surface area contributed by atoms with Crippen LogP contribution in [0.25, 0.3) is 0 Å². The Bertz CT molecular complexity index is 688. The van der Waals surface area contributed by atoms with Crippen molar-refractivity contribution in [1.29, 1.82) is 0 Å². The van der Waals surface area contributed by atoms with Gasteiger partial charge in [-0.3, -0.25) is 10.1 Å². The fourth-order valence-electron chi connectivity index (χ4n) is 2.66. The zero-order valence-electron chi connectivity index (χ0n) is 13.0. The van der Waals surface area contributed by atoms with Gasteiger partial charge in [0.05, 0.1) is 4.92 Å². The van der Waals surface area contributed by atoms with Gasteiger partial charge in [0.25, 0.3) is 5.69 Å². The van der Waals surface area contributed by atoms with Gasteiger partial charge in [0, 0.05) is 25.2 Å². The van der Waals surface area contributed by atoms with Crippen molar-refractivity contribution in [1.82, 2.24) is 9.62 Å². The minimum atomic E-state index is -3.87. The van der Waals surface area contributed by atoms with Crippen LogP contribution in [0.3, 0.4) is 0 Å². The van der Waals surface area contributed by atoms with Crippen LogP contribution in [0.2, 0.25) is 0 Å². The van der Waals surface area contributed by atoms with E-state index >= 15 is 0 Å². The molecule has 1 aromatic carbocycles. The van der Waals surface area contributed by atoms with E-state index in [-0.39, 0.29) is 16.6 Å². The number of nitrogens with zero attached hydrogens (tertiary/aromatic N) is 2. The summed E-state index contributed by atoms with van der Waals surface area (Å²) in [4.78, 5) is 10.4. The molecule has 1 N–H and O–H groups in total. The number of likely N-dealkylation sites (N-methyl/N-ethyl adjacent to an activating group) is 1. The Morgan fingerprint density at radius 2 is 1.95 bits per heavy atom. The van der Waals surface area contributed by atoms with Crippen molar-refractivity contribution >= 4 is 15.7 Å². The number of benzene rings is 1. The molecule has 0 spiro atoms. The maximum atomic E-state index is 12.8. The first-order valence-corrected chi connectivity index (χ1v) is 8.64. The number of nitro benzene ring substituents is 1. The fourth-order valence-corrected chi connectivity index (χ4v) is 4.41. The van der Waals surface area contributed by atoms with Gasteiger partial charge < -0.3 is 5.32 Å². The predicted octanol–water partition coefficient (Wildman–Crippen LogP) is 1.58. The summed E-state index contributed by atoms with van der Waals surface area (Å²) < 4.78 is 27.0. The van der Waals surface area contributed by atoms with Gasteiger partial charge in [-0.25, -0.2) is 8.42 Å². The summed E-state index contributed by atoms with van der Waals surface area (Å²) in [6.45, 7) is 4.22. The number of piperidine rings is 1. The molecule has 1 aliphatic rings. The minimum Gasteiger partial charge on any atom is -0.316 e. The third-order valence-electron chi connectivity index (χ3n) is 4.18. The van der Waals surface area contributed by atoms with Crippen LogP contribution in [0.5, 0.6) is 0 Å². The molecule has 0 saturated carbocycles. The molecule has 22 heavy (non-hydrogen) atoms. The Morgan fingerprint density at radius 1 is 1.32 bits per heavy atom. The zero-order valence-corrected chi connectivity index (χ0v) is 13.8. The first kappa shape index (κ1) is 16.9. The van der Waals surface area contributed by atoms with E-state index in [1.165, 1.54) is 16.4 Å². The van der Waals surface area contributed by atoms with E-state index in [9.17, 15) is 18.5 Å². The van der Waals surface area contributed by atoms with Crippen molar-refractivity contribution in [3.05, 3.63) is 33.4 Å². The molecule has 1 unspecified atom stereocenters. The summed E-state index contributed by atoms with van der Waals surface area (Å²) in [6, 6.07) is 2.82. The lowest BCUT2D eigenvalue weighted by Gasteiger charge is -2.31. The number of hydrogen-bond acceptors (Lipinski definition) is 5. The second-order valence-electron chi connectivity index (χ2n) is 5.65. The van der Waals surface area contributed by atoms with Crippen LogP contribution in [0.1, 0.15) is 24.0 Å². The molecule has 0 aliphatic carbocycles. The normalized spacial score (nSPS) is 20.0. The summed E-state index contributed by atoms with van der Waals surface area (Å²) >= 11 is 0. The van der Waals surface area contributed by atoms with Crippen LogP contribution >= 0.6 is 0 Å². The zero-order chi connectivity index (χ0) is 16.5. The highest BCUT2D eigenvalue weighted by molar-refractivity contribution is 7.89. The van der Waals surface area contributed by atoms with Crippen molar-refractivity contribution in [2.45, 2.75) is 37.6 Å². The van der Waals surface area contributed by atoms with Gasteiger partial charge in [-0.1, -0.05) is 0 Å². The monoisotopic (exact) mass is 327 g/mol. The Labute approximate surface area is 130 Å². The summed E-state index contributed by atoms with van der Waals surface area (Å²) in [7, 11) is -2.08. The van der Waals surface area contributed by atoms with E-state index in [1.807, 2.05) is 0 Å². The molecule has 1 aromatic rings. The Balaban J connectivity index is 2.49. The number of hydrogen-bond donors (Lipinski definition) is 1. The molecule has 0 radical (unpaired) electrons. The van der Waals surface area contributed by atoms with E-state index in [2.05, 4.69) is 5.32 Å². The topological polar surface area (TPSA) is 92.6 Å². The van der Waals surface area contributed by atoms with Gasteiger partial charge in [-0.05, 0) is 50.9 Å². The smallest absolute Gasteiger partial charge is 0.289 e. The molecule has 122 valence electrons. The highest BCUT2D eigenvalue weighted by Gasteiger charge is 2.34. The van der Waals surface area contributed by atoms with Crippen LogP contribution in [-0.2, 0) is 10.0 Å². The molecule has 0 aromatic heterocycles. The number of nitrogens with one attached hydrogen (secondary N) is 1. The summed E-state index contributed by atoms with van der Waals surface area (Å²) in [5.41, 5.74) is 1.08. The van der Waals surface area contributed by atoms with Crippen molar-refractivity contribution in [2.75, 3.05) is 20.1 Å². The molecule has 1 saturated heterocycles. The van der Waals surface area contributed by atoms with Gasteiger partial charge in [-0.15, -0.1) is 0 Å². The Morgan fingerprint density at radius 3 is 2.55 bits per heavy atom. The van der Waals surface area contributed by atoms with Crippen LogP contribution in [0.4, 0.5) is 5.69 Å². The SMILES string of the molecule is CNC1CCCN(S(=O)(=O)c2cc(C)c(C)cc2[N+](=O)[O-])C1. The first-order chi connectivity index (χ1) is 10.3. The average molecular weight is 327 g/mol. The van der Waals surface area contributed by atoms with Gasteiger partial charge in [0.2, 0.25) is 10.0 Å². The molecular weight excluding hydrogens is 306 g/mol. The van der Waals surface area contributed by atoms with E-state index in [0.29, 0.717) is 18.7 Å². The van der Waals surface area contributed by atoms with E-state index in [4.69, 9.17) is 0 Å². The molecule has 1 heterocycles. The third-order valence-corrected chi connectivity index (χ3v) is 6.08. The summed E-state index contributed by atoms with van der Waals surface area (Å²) in [5.74, 6) is 0. The number of sulfonamides is 1. The predicted molar refractivity (Wildman–Crippen MR) is 83.4 cm³/mol. The Kier molecular flexibility index (Phi) is 4.84. The molecular formula is C14H21N3O4S.